The van der Waals surface area contributed by atoms with E-state index in [1.165, 1.54) is 83.5 Å². The molecule has 0 unspecified atom stereocenters. The number of unbranched alkanes of at least 4 members (excludes halogenated alkanes) is 19. The normalized spacial score (nSPS) is 12.5. The summed E-state index contributed by atoms with van der Waals surface area (Å²) < 4.78 is 10.6. The predicted octanol–water partition coefficient (Wildman–Crippen LogP) is 11.3. The molecule has 44 heavy (non-hydrogen) atoms. The molecule has 0 radical (unpaired) electrons. The van der Waals surface area contributed by atoms with Crippen LogP contribution >= 0.6 is 0 Å². The topological polar surface area (TPSA) is 72.8 Å². The van der Waals surface area contributed by atoms with Crippen LogP contribution in [0.1, 0.15) is 181 Å². The lowest BCUT2D eigenvalue weighted by molar-refractivity contribution is -0.161. The van der Waals surface area contributed by atoms with Crippen LogP contribution in [0.5, 0.6) is 0 Å². The van der Waals surface area contributed by atoms with Crippen molar-refractivity contribution in [2.24, 2.45) is 0 Å². The van der Waals surface area contributed by atoms with Crippen LogP contribution in [-0.2, 0) is 19.1 Å². The van der Waals surface area contributed by atoms with Crippen LogP contribution < -0.4 is 0 Å². The quantitative estimate of drug-likeness (QED) is 0.0450. The first-order valence-electron chi connectivity index (χ1n) is 18.5. The second-order valence-electron chi connectivity index (χ2n) is 12.3. The third-order valence-electron chi connectivity index (χ3n) is 7.95. The molecule has 0 spiro atoms. The van der Waals surface area contributed by atoms with E-state index >= 15 is 0 Å². The number of hydrogen-bond donors (Lipinski definition) is 1. The molecule has 0 fully saturated rings. The first kappa shape index (κ1) is 42.1. The molecule has 0 aliphatic heterocycles. The molecule has 0 aromatic carbocycles. The summed E-state index contributed by atoms with van der Waals surface area (Å²) in [7, 11) is 0. The first-order valence-corrected chi connectivity index (χ1v) is 18.5. The van der Waals surface area contributed by atoms with Crippen molar-refractivity contribution in [2.45, 2.75) is 187 Å². The van der Waals surface area contributed by atoms with Crippen molar-refractivity contribution in [3.63, 3.8) is 0 Å². The van der Waals surface area contributed by atoms with E-state index in [0.29, 0.717) is 12.8 Å². The van der Waals surface area contributed by atoms with E-state index in [0.717, 1.165) is 70.6 Å². The zero-order chi connectivity index (χ0) is 32.2. The number of hydrogen-bond acceptors (Lipinski definition) is 5. The smallest absolute Gasteiger partial charge is 0.306 e. The molecule has 0 rings (SSSR count). The second kappa shape index (κ2) is 35.6. The summed E-state index contributed by atoms with van der Waals surface area (Å²) in [4.78, 5) is 24.2. The Morgan fingerprint density at radius 1 is 0.545 bits per heavy atom. The minimum atomic E-state index is -0.776. The zero-order valence-corrected chi connectivity index (χ0v) is 28.9. The van der Waals surface area contributed by atoms with Crippen LogP contribution in [0.15, 0.2) is 36.5 Å². The van der Waals surface area contributed by atoms with Crippen molar-refractivity contribution < 1.29 is 24.2 Å². The van der Waals surface area contributed by atoms with Crippen LogP contribution in [0.2, 0.25) is 0 Å². The molecular formula is C39H70O5. The molecule has 1 N–H and O–H groups in total. The molecule has 5 heteroatoms. The number of esters is 2. The van der Waals surface area contributed by atoms with Crippen LogP contribution in [-0.4, -0.2) is 36.4 Å². The van der Waals surface area contributed by atoms with Gasteiger partial charge < -0.3 is 14.6 Å². The number of ether oxygens (including phenoxy) is 2. The number of carbonyl (C=O) groups excluding carboxylic acids is 2. The lowest BCUT2D eigenvalue weighted by Crippen LogP contribution is -2.28. The van der Waals surface area contributed by atoms with Gasteiger partial charge in [-0.2, -0.15) is 0 Å². The fourth-order valence-corrected chi connectivity index (χ4v) is 5.16. The fourth-order valence-electron chi connectivity index (χ4n) is 5.16. The Kier molecular flexibility index (Phi) is 34.1. The van der Waals surface area contributed by atoms with Crippen molar-refractivity contribution in [1.29, 1.82) is 0 Å². The zero-order valence-electron chi connectivity index (χ0n) is 28.9. The summed E-state index contributed by atoms with van der Waals surface area (Å²) in [6.07, 6.45) is 42.0. The Morgan fingerprint density at radius 2 is 0.977 bits per heavy atom. The van der Waals surface area contributed by atoms with Gasteiger partial charge in [-0.3, -0.25) is 9.59 Å². The van der Waals surface area contributed by atoms with Crippen molar-refractivity contribution in [2.75, 3.05) is 13.2 Å². The van der Waals surface area contributed by atoms with Crippen LogP contribution in [0.4, 0.5) is 0 Å². The van der Waals surface area contributed by atoms with Gasteiger partial charge in [0.05, 0.1) is 6.61 Å². The summed E-state index contributed by atoms with van der Waals surface area (Å²) in [6, 6.07) is 0. The maximum atomic E-state index is 12.1. The van der Waals surface area contributed by atoms with Gasteiger partial charge in [0.15, 0.2) is 6.10 Å². The number of carbonyl (C=O) groups is 2. The van der Waals surface area contributed by atoms with Gasteiger partial charge >= 0.3 is 11.9 Å². The van der Waals surface area contributed by atoms with Gasteiger partial charge in [-0.05, 0) is 44.9 Å². The van der Waals surface area contributed by atoms with Crippen molar-refractivity contribution in [3.8, 4) is 0 Å². The van der Waals surface area contributed by atoms with Crippen LogP contribution in [0, 0.1) is 0 Å². The van der Waals surface area contributed by atoms with E-state index in [9.17, 15) is 14.7 Å². The van der Waals surface area contributed by atoms with E-state index in [4.69, 9.17) is 9.47 Å². The second-order valence-corrected chi connectivity index (χ2v) is 12.3. The molecule has 0 bridgehead atoms. The average molecular weight is 619 g/mol. The Morgan fingerprint density at radius 3 is 1.48 bits per heavy atom. The Bertz CT molecular complexity index is 711. The monoisotopic (exact) mass is 619 g/mol. The van der Waals surface area contributed by atoms with Crippen molar-refractivity contribution >= 4 is 11.9 Å². The highest BCUT2D eigenvalue weighted by Crippen LogP contribution is 2.14. The molecule has 0 saturated carbocycles. The van der Waals surface area contributed by atoms with Gasteiger partial charge in [-0.25, -0.2) is 0 Å². The molecule has 0 aromatic rings. The maximum absolute atomic E-state index is 12.1. The van der Waals surface area contributed by atoms with Crippen LogP contribution in [0.25, 0.3) is 0 Å². The molecule has 0 aromatic heterocycles. The average Bonchev–Trinajstić information content (AvgIpc) is 3.02. The van der Waals surface area contributed by atoms with Gasteiger partial charge in [-0.1, -0.05) is 159 Å². The Labute approximate surface area is 272 Å². The van der Waals surface area contributed by atoms with Gasteiger partial charge in [0, 0.05) is 12.8 Å². The third-order valence-corrected chi connectivity index (χ3v) is 7.95. The first-order chi connectivity index (χ1) is 21.6. The van der Waals surface area contributed by atoms with Gasteiger partial charge in [0.2, 0.25) is 0 Å². The van der Waals surface area contributed by atoms with Gasteiger partial charge in [0.1, 0.15) is 6.61 Å². The molecule has 0 heterocycles. The van der Waals surface area contributed by atoms with Crippen molar-refractivity contribution in [1.82, 2.24) is 0 Å². The standard InChI is InChI=1S/C39H70O5/c1-3-5-7-9-11-13-15-17-19-21-23-25-27-29-31-33-38(41)43-36-37(35-40)44-39(42)34-32-30-28-26-24-22-20-18-16-14-12-10-8-6-4-2/h6,8,12,14,18,20,37,40H,3-5,7,9-11,13,15-17,19,21-36H2,1-2H3/b8-6+,14-12+,20-18+/t37-/m0/s1. The molecule has 0 aliphatic carbocycles. The third kappa shape index (κ3) is 33.0. The minimum absolute atomic E-state index is 0.0704. The molecular weight excluding hydrogens is 548 g/mol. The summed E-state index contributed by atoms with van der Waals surface area (Å²) in [5.41, 5.74) is 0. The number of rotatable bonds is 33. The molecule has 256 valence electrons. The van der Waals surface area contributed by atoms with E-state index in [2.05, 4.69) is 50.3 Å². The predicted molar refractivity (Wildman–Crippen MR) is 187 cm³/mol. The highest BCUT2D eigenvalue weighted by atomic mass is 16.6. The van der Waals surface area contributed by atoms with E-state index in [-0.39, 0.29) is 25.2 Å². The van der Waals surface area contributed by atoms with E-state index < -0.39 is 6.10 Å². The Balaban J connectivity index is 3.58. The summed E-state index contributed by atoms with van der Waals surface area (Å²) in [5.74, 6) is -0.607. The molecule has 5 nitrogen and oxygen atoms in total. The SMILES string of the molecule is CC/C=C/C/C=C/C/C=C/CCCCCCCC(=O)O[C@@H](CO)COC(=O)CCCCCCCCCCCCCCCCC. The Hall–Kier alpha value is -1.88. The molecule has 1 atom stereocenters. The van der Waals surface area contributed by atoms with Gasteiger partial charge in [-0.15, -0.1) is 0 Å². The van der Waals surface area contributed by atoms with E-state index in [1.807, 2.05) is 0 Å². The van der Waals surface area contributed by atoms with E-state index in [1.54, 1.807) is 0 Å². The largest absolute Gasteiger partial charge is 0.462 e. The summed E-state index contributed by atoms with van der Waals surface area (Å²) in [5, 5.41) is 9.53. The lowest BCUT2D eigenvalue weighted by Gasteiger charge is -2.15. The molecule has 0 saturated heterocycles. The number of aliphatic hydroxyl groups is 1. The summed E-state index contributed by atoms with van der Waals surface area (Å²) in [6.45, 7) is 4.01. The number of allylic oxidation sites excluding steroid dienone is 6. The number of aliphatic hydroxyl groups excluding tert-OH is 1. The maximum Gasteiger partial charge on any atom is 0.306 e. The highest BCUT2D eigenvalue weighted by Gasteiger charge is 2.16. The minimum Gasteiger partial charge on any atom is -0.462 e. The molecule has 0 amide bonds. The molecule has 0 aliphatic rings. The lowest BCUT2D eigenvalue weighted by atomic mass is 10.0. The van der Waals surface area contributed by atoms with Gasteiger partial charge in [0.25, 0.3) is 0 Å². The fraction of sp³-hybridized carbons (Fsp3) is 0.795. The van der Waals surface area contributed by atoms with Crippen molar-refractivity contribution in [3.05, 3.63) is 36.5 Å². The highest BCUT2D eigenvalue weighted by molar-refractivity contribution is 5.70. The van der Waals surface area contributed by atoms with Crippen LogP contribution in [0.3, 0.4) is 0 Å². The summed E-state index contributed by atoms with van der Waals surface area (Å²) >= 11 is 0.